The van der Waals surface area contributed by atoms with Crippen LogP contribution in [0.2, 0.25) is 0 Å². The van der Waals surface area contributed by atoms with Crippen LogP contribution in [-0.2, 0) is 4.79 Å². The van der Waals surface area contributed by atoms with Gasteiger partial charge in [0.15, 0.2) is 0 Å². The zero-order chi connectivity index (χ0) is 9.68. The Morgan fingerprint density at radius 1 is 1.31 bits per heavy atom. The average Bonchev–Trinajstić information content (AvgIpc) is 2.33. The Morgan fingerprint density at radius 2 is 1.85 bits per heavy atom. The van der Waals surface area contributed by atoms with E-state index in [0.29, 0.717) is 5.92 Å². The van der Waals surface area contributed by atoms with Crippen molar-refractivity contribution in [1.82, 2.24) is 0 Å². The number of carbonyl (C=O) groups is 1. The summed E-state index contributed by atoms with van der Waals surface area (Å²) >= 11 is 0. The zero-order valence-electron chi connectivity index (χ0n) is 8.46. The summed E-state index contributed by atoms with van der Waals surface area (Å²) < 4.78 is 0. The summed E-state index contributed by atoms with van der Waals surface area (Å²) in [5.74, 6) is -0.225. The third kappa shape index (κ3) is 3.02. The summed E-state index contributed by atoms with van der Waals surface area (Å²) in [6.07, 6.45) is 8.11. The van der Waals surface area contributed by atoms with E-state index in [1.807, 2.05) is 6.92 Å². The number of hydrogen-bond donors (Lipinski definition) is 1. The lowest BCUT2D eigenvalue weighted by Gasteiger charge is -2.20. The van der Waals surface area contributed by atoms with Gasteiger partial charge in [-0.2, -0.15) is 0 Å². The summed E-state index contributed by atoms with van der Waals surface area (Å²) in [5, 5.41) is 9.02. The van der Waals surface area contributed by atoms with Gasteiger partial charge in [-0.25, -0.2) is 0 Å². The SMILES string of the molecule is CCC(C(=O)O)C1CCCCCC1. The standard InChI is InChI=1S/C11H20O2/c1-2-10(11(12)13)9-7-5-3-4-6-8-9/h9-10H,2-8H2,1H3,(H,12,13). The molecule has 1 fully saturated rings. The topological polar surface area (TPSA) is 37.3 Å². The second kappa shape index (κ2) is 5.25. The van der Waals surface area contributed by atoms with Gasteiger partial charge < -0.3 is 5.11 Å². The Bertz CT molecular complexity index is 157. The normalized spacial score (nSPS) is 22.2. The molecular weight excluding hydrogens is 164 g/mol. The van der Waals surface area contributed by atoms with Crippen LogP contribution in [0.1, 0.15) is 51.9 Å². The van der Waals surface area contributed by atoms with Crippen LogP contribution < -0.4 is 0 Å². The minimum atomic E-state index is -0.589. The van der Waals surface area contributed by atoms with Gasteiger partial charge in [0, 0.05) is 0 Å². The van der Waals surface area contributed by atoms with Gasteiger partial charge in [-0.05, 0) is 25.2 Å². The van der Waals surface area contributed by atoms with Crippen LogP contribution in [0.4, 0.5) is 0 Å². The fourth-order valence-electron chi connectivity index (χ4n) is 2.42. The van der Waals surface area contributed by atoms with Gasteiger partial charge in [0.2, 0.25) is 0 Å². The van der Waals surface area contributed by atoms with Gasteiger partial charge in [0.05, 0.1) is 5.92 Å². The van der Waals surface area contributed by atoms with Crippen LogP contribution in [0.5, 0.6) is 0 Å². The Balaban J connectivity index is 2.50. The molecule has 1 unspecified atom stereocenters. The van der Waals surface area contributed by atoms with Gasteiger partial charge in [-0.15, -0.1) is 0 Å². The molecule has 0 spiro atoms. The highest BCUT2D eigenvalue weighted by Crippen LogP contribution is 2.30. The summed E-state index contributed by atoms with van der Waals surface area (Å²) in [6.45, 7) is 1.99. The molecule has 1 aliphatic carbocycles. The van der Waals surface area contributed by atoms with E-state index in [1.165, 1.54) is 25.7 Å². The molecule has 1 rings (SSSR count). The summed E-state index contributed by atoms with van der Waals surface area (Å²) in [6, 6.07) is 0. The third-order valence-corrected chi connectivity index (χ3v) is 3.23. The second-order valence-electron chi connectivity index (χ2n) is 4.10. The molecule has 1 aliphatic rings. The molecule has 0 aromatic heterocycles. The number of carboxylic acid groups (broad SMARTS) is 1. The maximum Gasteiger partial charge on any atom is 0.306 e. The van der Waals surface area contributed by atoms with Crippen molar-refractivity contribution in [3.8, 4) is 0 Å². The van der Waals surface area contributed by atoms with Gasteiger partial charge in [0.1, 0.15) is 0 Å². The monoisotopic (exact) mass is 184 g/mol. The Hall–Kier alpha value is -0.530. The van der Waals surface area contributed by atoms with Crippen molar-refractivity contribution in [2.75, 3.05) is 0 Å². The highest BCUT2D eigenvalue weighted by Gasteiger charge is 2.26. The summed E-state index contributed by atoms with van der Waals surface area (Å²) in [7, 11) is 0. The molecule has 1 atom stereocenters. The lowest BCUT2D eigenvalue weighted by atomic mass is 9.84. The molecular formula is C11H20O2. The maximum absolute atomic E-state index is 10.9. The molecule has 2 nitrogen and oxygen atoms in total. The Labute approximate surface area is 80.3 Å². The lowest BCUT2D eigenvalue weighted by molar-refractivity contribution is -0.144. The van der Waals surface area contributed by atoms with Crippen molar-refractivity contribution in [2.45, 2.75) is 51.9 Å². The number of carboxylic acids is 1. The molecule has 0 saturated heterocycles. The van der Waals surface area contributed by atoms with E-state index in [0.717, 1.165) is 19.3 Å². The van der Waals surface area contributed by atoms with Crippen LogP contribution in [0.3, 0.4) is 0 Å². The molecule has 0 radical (unpaired) electrons. The van der Waals surface area contributed by atoms with Gasteiger partial charge in [0.25, 0.3) is 0 Å². The van der Waals surface area contributed by atoms with Crippen LogP contribution in [0, 0.1) is 11.8 Å². The van der Waals surface area contributed by atoms with E-state index in [4.69, 9.17) is 5.11 Å². The van der Waals surface area contributed by atoms with Crippen LogP contribution >= 0.6 is 0 Å². The first-order valence-electron chi connectivity index (χ1n) is 5.48. The van der Waals surface area contributed by atoms with E-state index in [1.54, 1.807) is 0 Å². The Kier molecular flexibility index (Phi) is 4.26. The van der Waals surface area contributed by atoms with E-state index in [9.17, 15) is 4.79 Å². The first kappa shape index (κ1) is 10.6. The molecule has 0 aromatic rings. The number of rotatable bonds is 3. The number of aliphatic carboxylic acids is 1. The van der Waals surface area contributed by atoms with Crippen LogP contribution in [0.25, 0.3) is 0 Å². The van der Waals surface area contributed by atoms with Crippen molar-refractivity contribution < 1.29 is 9.90 Å². The van der Waals surface area contributed by atoms with Crippen molar-refractivity contribution in [3.63, 3.8) is 0 Å². The maximum atomic E-state index is 10.9. The molecule has 0 aliphatic heterocycles. The largest absolute Gasteiger partial charge is 0.481 e. The average molecular weight is 184 g/mol. The minimum absolute atomic E-state index is 0.0851. The molecule has 13 heavy (non-hydrogen) atoms. The molecule has 0 amide bonds. The smallest absolute Gasteiger partial charge is 0.306 e. The van der Waals surface area contributed by atoms with Crippen molar-refractivity contribution in [2.24, 2.45) is 11.8 Å². The van der Waals surface area contributed by atoms with Crippen molar-refractivity contribution in [1.29, 1.82) is 0 Å². The predicted molar refractivity (Wildman–Crippen MR) is 52.6 cm³/mol. The van der Waals surface area contributed by atoms with Gasteiger partial charge in [-0.1, -0.05) is 32.6 Å². The molecule has 2 heteroatoms. The molecule has 0 aromatic carbocycles. The van der Waals surface area contributed by atoms with Gasteiger partial charge in [-0.3, -0.25) is 4.79 Å². The Morgan fingerprint density at radius 3 is 2.23 bits per heavy atom. The summed E-state index contributed by atoms with van der Waals surface area (Å²) in [5.41, 5.74) is 0. The molecule has 0 heterocycles. The molecule has 76 valence electrons. The fraction of sp³-hybridized carbons (Fsp3) is 0.909. The highest BCUT2D eigenvalue weighted by molar-refractivity contribution is 5.70. The zero-order valence-corrected chi connectivity index (χ0v) is 8.46. The minimum Gasteiger partial charge on any atom is -0.481 e. The molecule has 1 saturated carbocycles. The van der Waals surface area contributed by atoms with E-state index < -0.39 is 5.97 Å². The van der Waals surface area contributed by atoms with E-state index >= 15 is 0 Å². The predicted octanol–water partition coefficient (Wildman–Crippen LogP) is 3.07. The highest BCUT2D eigenvalue weighted by atomic mass is 16.4. The van der Waals surface area contributed by atoms with Crippen molar-refractivity contribution in [3.05, 3.63) is 0 Å². The first-order chi connectivity index (χ1) is 6.25. The van der Waals surface area contributed by atoms with E-state index in [2.05, 4.69) is 0 Å². The number of hydrogen-bond acceptors (Lipinski definition) is 1. The first-order valence-corrected chi connectivity index (χ1v) is 5.48. The van der Waals surface area contributed by atoms with Crippen molar-refractivity contribution >= 4 is 5.97 Å². The fourth-order valence-corrected chi connectivity index (χ4v) is 2.42. The quantitative estimate of drug-likeness (QED) is 0.684. The third-order valence-electron chi connectivity index (χ3n) is 3.23. The van der Waals surface area contributed by atoms with Crippen LogP contribution in [-0.4, -0.2) is 11.1 Å². The molecule has 0 bridgehead atoms. The van der Waals surface area contributed by atoms with Gasteiger partial charge >= 0.3 is 5.97 Å². The van der Waals surface area contributed by atoms with E-state index in [-0.39, 0.29) is 5.92 Å². The lowest BCUT2D eigenvalue weighted by Crippen LogP contribution is -2.22. The molecule has 1 N–H and O–H groups in total. The van der Waals surface area contributed by atoms with Crippen LogP contribution in [0.15, 0.2) is 0 Å². The second-order valence-corrected chi connectivity index (χ2v) is 4.10. The summed E-state index contributed by atoms with van der Waals surface area (Å²) in [4.78, 5) is 10.9.